The number of carboxylic acids is 1. The van der Waals surface area contributed by atoms with Gasteiger partial charge in [0.25, 0.3) is 0 Å². The predicted molar refractivity (Wildman–Crippen MR) is 71.7 cm³/mol. The Morgan fingerprint density at radius 1 is 1.32 bits per heavy atom. The molecule has 0 atom stereocenters. The number of carbonyl (C=O) groups is 1. The molecule has 0 aliphatic heterocycles. The first kappa shape index (κ1) is 11.9. The number of furan rings is 1. The number of rotatable bonds is 3. The van der Waals surface area contributed by atoms with Crippen molar-refractivity contribution in [3.05, 3.63) is 59.1 Å². The highest BCUT2D eigenvalue weighted by atomic mass is 35.5. The molecule has 0 fully saturated rings. The number of hydrogen-bond acceptors (Lipinski definition) is 2. The maximum atomic E-state index is 11.0. The van der Waals surface area contributed by atoms with Gasteiger partial charge in [0.1, 0.15) is 11.3 Å². The van der Waals surface area contributed by atoms with Crippen LogP contribution in [0.1, 0.15) is 16.1 Å². The monoisotopic (exact) mass is 275 g/mol. The first-order chi connectivity index (χ1) is 9.15. The van der Waals surface area contributed by atoms with Crippen LogP contribution in [0.3, 0.4) is 0 Å². The molecule has 4 nitrogen and oxygen atoms in total. The molecule has 3 rings (SSSR count). The van der Waals surface area contributed by atoms with Crippen molar-refractivity contribution >= 4 is 28.5 Å². The van der Waals surface area contributed by atoms with E-state index in [9.17, 15) is 4.79 Å². The van der Waals surface area contributed by atoms with Gasteiger partial charge in [-0.3, -0.25) is 0 Å². The van der Waals surface area contributed by atoms with Crippen LogP contribution in [0.25, 0.3) is 10.9 Å². The van der Waals surface area contributed by atoms with Crippen LogP contribution in [-0.2, 0) is 6.54 Å². The van der Waals surface area contributed by atoms with Crippen LogP contribution in [0.2, 0.25) is 5.02 Å². The summed E-state index contributed by atoms with van der Waals surface area (Å²) in [4.78, 5) is 11.0. The molecule has 5 heteroatoms. The Morgan fingerprint density at radius 2 is 2.16 bits per heavy atom. The smallest absolute Gasteiger partial charge is 0.339 e. The third-order valence-corrected chi connectivity index (χ3v) is 3.26. The molecule has 0 bridgehead atoms. The highest BCUT2D eigenvalue weighted by Crippen LogP contribution is 2.22. The third kappa shape index (κ3) is 2.11. The number of carboxylic acid groups (broad SMARTS) is 1. The van der Waals surface area contributed by atoms with Gasteiger partial charge in [0, 0.05) is 16.7 Å². The molecule has 96 valence electrons. The highest BCUT2D eigenvalue weighted by Gasteiger charge is 2.14. The molecule has 0 saturated carbocycles. The van der Waals surface area contributed by atoms with Crippen LogP contribution in [0.4, 0.5) is 0 Å². The fourth-order valence-corrected chi connectivity index (χ4v) is 2.27. The lowest BCUT2D eigenvalue weighted by Crippen LogP contribution is -2.03. The van der Waals surface area contributed by atoms with Crippen LogP contribution in [0, 0.1) is 0 Å². The molecule has 2 aromatic heterocycles. The largest absolute Gasteiger partial charge is 0.478 e. The van der Waals surface area contributed by atoms with Crippen molar-refractivity contribution in [2.24, 2.45) is 0 Å². The lowest BCUT2D eigenvalue weighted by molar-refractivity contribution is 0.0694. The Kier molecular flexibility index (Phi) is 2.80. The summed E-state index contributed by atoms with van der Waals surface area (Å²) in [6, 6.07) is 9.00. The van der Waals surface area contributed by atoms with E-state index in [1.54, 1.807) is 0 Å². The van der Waals surface area contributed by atoms with E-state index < -0.39 is 5.97 Å². The summed E-state index contributed by atoms with van der Waals surface area (Å²) in [6.45, 7) is 0.360. The molecular weight excluding hydrogens is 266 g/mol. The molecule has 0 aliphatic carbocycles. The van der Waals surface area contributed by atoms with E-state index in [2.05, 4.69) is 0 Å². The van der Waals surface area contributed by atoms with Gasteiger partial charge in [-0.05, 0) is 29.7 Å². The lowest BCUT2D eigenvalue weighted by Gasteiger charge is -2.04. The number of nitrogens with zero attached hydrogens (tertiary/aromatic N) is 1. The van der Waals surface area contributed by atoms with Crippen molar-refractivity contribution < 1.29 is 14.3 Å². The minimum Gasteiger partial charge on any atom is -0.478 e. The van der Waals surface area contributed by atoms with Gasteiger partial charge in [-0.25, -0.2) is 4.79 Å². The average molecular weight is 276 g/mol. The van der Waals surface area contributed by atoms with Gasteiger partial charge < -0.3 is 14.1 Å². The van der Waals surface area contributed by atoms with Gasteiger partial charge >= 0.3 is 5.97 Å². The lowest BCUT2D eigenvalue weighted by atomic mass is 10.2. The molecule has 2 heterocycles. The van der Waals surface area contributed by atoms with Gasteiger partial charge in [-0.2, -0.15) is 0 Å². The molecule has 0 saturated heterocycles. The van der Waals surface area contributed by atoms with Crippen molar-refractivity contribution in [1.82, 2.24) is 4.57 Å². The van der Waals surface area contributed by atoms with E-state index in [0.717, 1.165) is 10.9 Å². The van der Waals surface area contributed by atoms with E-state index in [1.165, 1.54) is 12.3 Å². The molecular formula is C14H10ClNO3. The van der Waals surface area contributed by atoms with Crippen LogP contribution >= 0.6 is 11.6 Å². The predicted octanol–water partition coefficient (Wildman–Crippen LogP) is 3.63. The quantitative estimate of drug-likeness (QED) is 0.794. The van der Waals surface area contributed by atoms with E-state index in [-0.39, 0.29) is 5.56 Å². The first-order valence-corrected chi connectivity index (χ1v) is 6.07. The average Bonchev–Trinajstić information content (AvgIpc) is 2.97. The van der Waals surface area contributed by atoms with E-state index in [1.807, 2.05) is 35.0 Å². The summed E-state index contributed by atoms with van der Waals surface area (Å²) in [5.74, 6) is -0.566. The molecule has 0 amide bonds. The second-order valence-electron chi connectivity index (χ2n) is 4.21. The third-order valence-electron chi connectivity index (χ3n) is 3.03. The molecule has 0 aliphatic rings. The van der Waals surface area contributed by atoms with Gasteiger partial charge in [-0.15, -0.1) is 0 Å². The summed E-state index contributed by atoms with van der Waals surface area (Å²) in [5, 5.41) is 10.7. The summed E-state index contributed by atoms with van der Waals surface area (Å²) < 4.78 is 7.15. The number of benzene rings is 1. The van der Waals surface area contributed by atoms with Crippen molar-refractivity contribution in [1.29, 1.82) is 0 Å². The van der Waals surface area contributed by atoms with Crippen LogP contribution in [-0.4, -0.2) is 15.6 Å². The number of aromatic nitrogens is 1. The minimum atomic E-state index is -0.988. The fourth-order valence-electron chi connectivity index (χ4n) is 2.10. The van der Waals surface area contributed by atoms with E-state index in [4.69, 9.17) is 21.1 Å². The highest BCUT2D eigenvalue weighted by molar-refractivity contribution is 6.31. The minimum absolute atomic E-state index is 0.184. The van der Waals surface area contributed by atoms with Crippen molar-refractivity contribution in [2.45, 2.75) is 6.54 Å². The summed E-state index contributed by atoms with van der Waals surface area (Å²) in [6.07, 6.45) is 3.27. The number of hydrogen-bond donors (Lipinski definition) is 1. The van der Waals surface area contributed by atoms with E-state index in [0.29, 0.717) is 17.3 Å². The van der Waals surface area contributed by atoms with Gasteiger partial charge in [0.2, 0.25) is 0 Å². The van der Waals surface area contributed by atoms with Crippen molar-refractivity contribution in [3.63, 3.8) is 0 Å². The summed E-state index contributed by atoms with van der Waals surface area (Å²) in [7, 11) is 0. The van der Waals surface area contributed by atoms with Gasteiger partial charge in [-0.1, -0.05) is 17.7 Å². The number of aromatic carboxylic acids is 1. The van der Waals surface area contributed by atoms with Crippen LogP contribution < -0.4 is 0 Å². The Hall–Kier alpha value is -2.20. The molecule has 0 radical (unpaired) electrons. The Labute approximate surface area is 113 Å². The zero-order chi connectivity index (χ0) is 13.4. The molecule has 0 spiro atoms. The van der Waals surface area contributed by atoms with E-state index >= 15 is 0 Å². The fraction of sp³-hybridized carbons (Fsp3) is 0.0714. The SMILES string of the molecule is O=C(O)c1ccoc1Cn1ccc2ccc(Cl)cc21. The molecule has 0 unspecified atom stereocenters. The Balaban J connectivity index is 2.03. The Bertz CT molecular complexity index is 757. The maximum Gasteiger partial charge on any atom is 0.339 e. The molecule has 1 N–H and O–H groups in total. The zero-order valence-electron chi connectivity index (χ0n) is 9.84. The van der Waals surface area contributed by atoms with Crippen LogP contribution in [0.5, 0.6) is 0 Å². The number of fused-ring (bicyclic) bond motifs is 1. The zero-order valence-corrected chi connectivity index (χ0v) is 10.6. The molecule has 3 aromatic rings. The van der Waals surface area contributed by atoms with Gasteiger partial charge in [0.05, 0.1) is 12.8 Å². The molecule has 1 aromatic carbocycles. The topological polar surface area (TPSA) is 55.4 Å². The summed E-state index contributed by atoms with van der Waals surface area (Å²) in [5.41, 5.74) is 1.13. The first-order valence-electron chi connectivity index (χ1n) is 5.69. The summed E-state index contributed by atoms with van der Waals surface area (Å²) >= 11 is 5.98. The maximum absolute atomic E-state index is 11.0. The van der Waals surface area contributed by atoms with Crippen LogP contribution in [0.15, 0.2) is 47.2 Å². The van der Waals surface area contributed by atoms with Gasteiger partial charge in [0.15, 0.2) is 0 Å². The normalized spacial score (nSPS) is 11.0. The standard InChI is InChI=1S/C14H10ClNO3/c15-10-2-1-9-3-5-16(12(9)7-10)8-13-11(14(17)18)4-6-19-13/h1-7H,8H2,(H,17,18). The molecule has 19 heavy (non-hydrogen) atoms. The number of halogens is 1. The van der Waals surface area contributed by atoms with Crippen molar-refractivity contribution in [2.75, 3.05) is 0 Å². The second kappa shape index (κ2) is 4.48. The van der Waals surface area contributed by atoms with Crippen molar-refractivity contribution in [3.8, 4) is 0 Å². The second-order valence-corrected chi connectivity index (χ2v) is 4.65. The Morgan fingerprint density at radius 3 is 2.95 bits per heavy atom.